The molecule has 25 heavy (non-hydrogen) atoms. The molecule has 7 heteroatoms. The lowest BCUT2D eigenvalue weighted by molar-refractivity contribution is 0.166. The summed E-state index contributed by atoms with van der Waals surface area (Å²) >= 11 is 0. The Hall–Kier alpha value is -2.54. The van der Waals surface area contributed by atoms with Crippen molar-refractivity contribution in [2.45, 2.75) is 25.4 Å². The van der Waals surface area contributed by atoms with Crippen LogP contribution in [0.25, 0.3) is 10.9 Å². The van der Waals surface area contributed by atoms with Crippen LogP contribution in [0.5, 0.6) is 5.75 Å². The van der Waals surface area contributed by atoms with Crippen molar-refractivity contribution < 1.29 is 14.6 Å². The number of rotatable bonds is 5. The minimum absolute atomic E-state index is 0.00876. The highest BCUT2D eigenvalue weighted by atomic mass is 16.5. The van der Waals surface area contributed by atoms with Crippen molar-refractivity contribution in [1.82, 2.24) is 14.8 Å². The first kappa shape index (κ1) is 17.3. The predicted octanol–water partition coefficient (Wildman–Crippen LogP) is 1.74. The number of methoxy groups -OCH3 is 1. The fourth-order valence-corrected chi connectivity index (χ4v) is 3.33. The number of pyridine rings is 1. The molecule has 134 valence electrons. The van der Waals surface area contributed by atoms with E-state index in [1.54, 1.807) is 25.3 Å². The van der Waals surface area contributed by atoms with Crippen LogP contribution in [0.4, 0.5) is 4.79 Å². The number of amides is 1. The zero-order valence-electron chi connectivity index (χ0n) is 14.3. The maximum absolute atomic E-state index is 12.0. The van der Waals surface area contributed by atoms with Crippen LogP contribution in [-0.4, -0.2) is 53.5 Å². The maximum atomic E-state index is 12.0. The number of fused-ring (bicyclic) bond motifs is 1. The van der Waals surface area contributed by atoms with Crippen LogP contribution in [0.15, 0.2) is 35.3 Å². The van der Waals surface area contributed by atoms with Gasteiger partial charge in [-0.25, -0.2) is 4.79 Å². The minimum Gasteiger partial charge on any atom is -0.497 e. The SMILES string of the molecule is COc1ccc2c(=O)ccn(CCN3CCC(NC(=O)O)CC3)c2c1. The molecule has 0 bridgehead atoms. The highest BCUT2D eigenvalue weighted by Crippen LogP contribution is 2.18. The molecular weight excluding hydrogens is 322 g/mol. The summed E-state index contributed by atoms with van der Waals surface area (Å²) in [6.07, 6.45) is 2.52. The molecule has 1 fully saturated rings. The number of nitrogens with zero attached hydrogens (tertiary/aromatic N) is 2. The van der Waals surface area contributed by atoms with Gasteiger partial charge in [-0.3, -0.25) is 4.79 Å². The van der Waals surface area contributed by atoms with Crippen molar-refractivity contribution in [3.05, 3.63) is 40.7 Å². The van der Waals surface area contributed by atoms with Crippen LogP contribution < -0.4 is 15.5 Å². The van der Waals surface area contributed by atoms with Crippen molar-refractivity contribution in [1.29, 1.82) is 0 Å². The molecule has 1 aromatic heterocycles. The van der Waals surface area contributed by atoms with Gasteiger partial charge in [-0.1, -0.05) is 0 Å². The third-order valence-corrected chi connectivity index (χ3v) is 4.76. The highest BCUT2D eigenvalue weighted by Gasteiger charge is 2.20. The molecule has 2 heterocycles. The van der Waals surface area contributed by atoms with Crippen LogP contribution in [0.2, 0.25) is 0 Å². The van der Waals surface area contributed by atoms with Crippen LogP contribution in [-0.2, 0) is 6.54 Å². The molecule has 2 aromatic rings. The topological polar surface area (TPSA) is 83.8 Å². The largest absolute Gasteiger partial charge is 0.497 e. The predicted molar refractivity (Wildman–Crippen MR) is 95.4 cm³/mol. The standard InChI is InChI=1S/C18H23N3O4/c1-25-14-2-3-15-16(12-14)21(9-6-17(15)22)11-10-20-7-4-13(5-8-20)19-18(23)24/h2-3,6,9,12-13,19H,4-5,7-8,10-11H2,1H3,(H,23,24). The summed E-state index contributed by atoms with van der Waals surface area (Å²) < 4.78 is 7.34. The second kappa shape index (κ2) is 7.57. The molecule has 0 aliphatic carbocycles. The van der Waals surface area contributed by atoms with E-state index in [1.807, 2.05) is 12.3 Å². The summed E-state index contributed by atoms with van der Waals surface area (Å²) in [7, 11) is 1.61. The molecule has 1 aromatic carbocycles. The van der Waals surface area contributed by atoms with E-state index in [9.17, 15) is 9.59 Å². The van der Waals surface area contributed by atoms with E-state index in [1.165, 1.54) is 0 Å². The second-order valence-electron chi connectivity index (χ2n) is 6.32. The molecule has 1 amide bonds. The first-order valence-corrected chi connectivity index (χ1v) is 8.46. The van der Waals surface area contributed by atoms with Gasteiger partial charge in [-0.2, -0.15) is 0 Å². The molecule has 1 saturated heterocycles. The average molecular weight is 345 g/mol. The lowest BCUT2D eigenvalue weighted by atomic mass is 10.1. The van der Waals surface area contributed by atoms with Crippen molar-refractivity contribution >= 4 is 17.0 Å². The normalized spacial score (nSPS) is 16.0. The number of hydrogen-bond donors (Lipinski definition) is 2. The Balaban J connectivity index is 1.67. The van der Waals surface area contributed by atoms with Gasteiger partial charge >= 0.3 is 6.09 Å². The van der Waals surface area contributed by atoms with Gasteiger partial charge in [0.25, 0.3) is 0 Å². The Kier molecular flexibility index (Phi) is 5.23. The molecule has 1 aliphatic heterocycles. The van der Waals surface area contributed by atoms with Crippen LogP contribution >= 0.6 is 0 Å². The number of carboxylic acid groups (broad SMARTS) is 1. The molecule has 3 rings (SSSR count). The number of nitrogens with one attached hydrogen (secondary N) is 1. The molecule has 0 saturated carbocycles. The van der Waals surface area contributed by atoms with Crippen LogP contribution in [0.3, 0.4) is 0 Å². The van der Waals surface area contributed by atoms with E-state index >= 15 is 0 Å². The van der Waals surface area contributed by atoms with Gasteiger partial charge < -0.3 is 24.6 Å². The highest BCUT2D eigenvalue weighted by molar-refractivity contribution is 5.80. The Bertz CT molecular complexity index is 810. The molecular formula is C18H23N3O4. The average Bonchev–Trinajstić information content (AvgIpc) is 2.61. The van der Waals surface area contributed by atoms with Crippen molar-refractivity contribution in [2.75, 3.05) is 26.7 Å². The third kappa shape index (κ3) is 4.11. The number of likely N-dealkylation sites (tertiary alicyclic amines) is 1. The minimum atomic E-state index is -0.952. The molecule has 7 nitrogen and oxygen atoms in total. The smallest absolute Gasteiger partial charge is 0.404 e. The molecule has 1 aliphatic rings. The van der Waals surface area contributed by atoms with Gasteiger partial charge in [0.05, 0.1) is 12.6 Å². The Morgan fingerprint density at radius 1 is 1.28 bits per heavy atom. The Morgan fingerprint density at radius 3 is 2.72 bits per heavy atom. The lowest BCUT2D eigenvalue weighted by Crippen LogP contribution is -2.44. The number of carbonyl (C=O) groups is 1. The van der Waals surface area contributed by atoms with Crippen molar-refractivity contribution in [3.8, 4) is 5.75 Å². The van der Waals surface area contributed by atoms with Gasteiger partial charge in [-0.05, 0) is 25.0 Å². The second-order valence-corrected chi connectivity index (χ2v) is 6.32. The third-order valence-electron chi connectivity index (χ3n) is 4.76. The molecule has 0 radical (unpaired) electrons. The number of piperidine rings is 1. The van der Waals surface area contributed by atoms with E-state index in [4.69, 9.17) is 9.84 Å². The van der Waals surface area contributed by atoms with Gasteiger partial charge in [-0.15, -0.1) is 0 Å². The number of hydrogen-bond acceptors (Lipinski definition) is 4. The van der Waals surface area contributed by atoms with Gasteiger partial charge in [0, 0.05) is 55.9 Å². The zero-order valence-corrected chi connectivity index (χ0v) is 14.3. The van der Waals surface area contributed by atoms with Crippen molar-refractivity contribution in [3.63, 3.8) is 0 Å². The van der Waals surface area contributed by atoms with Gasteiger partial charge in [0.1, 0.15) is 5.75 Å². The van der Waals surface area contributed by atoms with E-state index in [-0.39, 0.29) is 11.5 Å². The van der Waals surface area contributed by atoms with Crippen molar-refractivity contribution in [2.24, 2.45) is 0 Å². The Morgan fingerprint density at radius 2 is 2.04 bits per heavy atom. The zero-order chi connectivity index (χ0) is 17.8. The lowest BCUT2D eigenvalue weighted by Gasteiger charge is -2.32. The van der Waals surface area contributed by atoms with Gasteiger partial charge in [0.15, 0.2) is 5.43 Å². The number of aromatic nitrogens is 1. The maximum Gasteiger partial charge on any atom is 0.404 e. The van der Waals surface area contributed by atoms with E-state index in [0.29, 0.717) is 5.39 Å². The summed E-state index contributed by atoms with van der Waals surface area (Å²) in [5.41, 5.74) is 0.878. The summed E-state index contributed by atoms with van der Waals surface area (Å²) in [6, 6.07) is 7.13. The van der Waals surface area contributed by atoms with Gasteiger partial charge in [0.2, 0.25) is 0 Å². The van der Waals surface area contributed by atoms with E-state index in [0.717, 1.165) is 50.3 Å². The molecule has 0 atom stereocenters. The molecule has 2 N–H and O–H groups in total. The first-order chi connectivity index (χ1) is 12.1. The fourth-order valence-electron chi connectivity index (χ4n) is 3.33. The monoisotopic (exact) mass is 345 g/mol. The summed E-state index contributed by atoms with van der Waals surface area (Å²) in [5.74, 6) is 0.729. The first-order valence-electron chi connectivity index (χ1n) is 8.46. The molecule has 0 unspecified atom stereocenters. The number of ether oxygens (including phenoxy) is 1. The summed E-state index contributed by atoms with van der Waals surface area (Å²) in [5, 5.41) is 12.0. The summed E-state index contributed by atoms with van der Waals surface area (Å²) in [6.45, 7) is 3.36. The van der Waals surface area contributed by atoms with E-state index < -0.39 is 6.09 Å². The van der Waals surface area contributed by atoms with E-state index in [2.05, 4.69) is 14.8 Å². The Labute approximate surface area is 145 Å². The molecule has 0 spiro atoms. The number of benzene rings is 1. The fraction of sp³-hybridized carbons (Fsp3) is 0.444. The quantitative estimate of drug-likeness (QED) is 0.862. The summed E-state index contributed by atoms with van der Waals surface area (Å²) in [4.78, 5) is 25.1. The van der Waals surface area contributed by atoms with Crippen LogP contribution in [0.1, 0.15) is 12.8 Å². The van der Waals surface area contributed by atoms with Crippen LogP contribution in [0, 0.1) is 0 Å².